The van der Waals surface area contributed by atoms with Crippen molar-refractivity contribution >= 4 is 65.6 Å². The summed E-state index contributed by atoms with van der Waals surface area (Å²) in [5.74, 6) is 0. The molecule has 3 heterocycles. The quantitative estimate of drug-likeness (QED) is 0.196. The third-order valence-corrected chi connectivity index (χ3v) is 9.79. The molecular formula is C44H24N4O. The minimum absolute atomic E-state index is 0.544. The molecule has 0 saturated heterocycles. The number of hydrogen-bond acceptors (Lipinski definition) is 3. The lowest BCUT2D eigenvalue weighted by molar-refractivity contribution is 0.669. The zero-order valence-electron chi connectivity index (χ0n) is 26.1. The molecule has 0 atom stereocenters. The van der Waals surface area contributed by atoms with Crippen LogP contribution in [0.3, 0.4) is 0 Å². The van der Waals surface area contributed by atoms with Crippen molar-refractivity contribution in [2.45, 2.75) is 0 Å². The van der Waals surface area contributed by atoms with Gasteiger partial charge >= 0.3 is 0 Å². The van der Waals surface area contributed by atoms with Gasteiger partial charge in [-0.05, 0) is 66.2 Å². The standard InChI is InChI=1S/C44H24N4O/c45-25-27-17-19-30(40(23-27)47-37-13-5-1-9-31(37)32-10-2-6-14-38(32)47)28-18-21-36(29(24-28)26-46)48-39-15-7-3-11-33(39)34-20-22-42-43(44(34)48)35-12-4-8-16-41(35)49-42/h1-24H. The van der Waals surface area contributed by atoms with Gasteiger partial charge in [0.05, 0.1) is 56.0 Å². The van der Waals surface area contributed by atoms with E-state index < -0.39 is 0 Å². The fourth-order valence-corrected chi connectivity index (χ4v) is 7.72. The molecule has 0 aliphatic carbocycles. The van der Waals surface area contributed by atoms with E-state index in [4.69, 9.17) is 4.42 Å². The lowest BCUT2D eigenvalue weighted by Crippen LogP contribution is -2.01. The molecule has 10 aromatic rings. The van der Waals surface area contributed by atoms with Gasteiger partial charge in [-0.3, -0.25) is 0 Å². The normalized spacial score (nSPS) is 11.6. The Kier molecular flexibility index (Phi) is 5.64. The van der Waals surface area contributed by atoms with Crippen LogP contribution in [0.15, 0.2) is 150 Å². The highest BCUT2D eigenvalue weighted by Gasteiger charge is 2.22. The fraction of sp³-hybridized carbons (Fsp3) is 0. The van der Waals surface area contributed by atoms with Crippen molar-refractivity contribution < 1.29 is 4.42 Å². The summed E-state index contributed by atoms with van der Waals surface area (Å²) in [5.41, 5.74) is 10.4. The Bertz CT molecular complexity index is 3030. The minimum atomic E-state index is 0.544. The van der Waals surface area contributed by atoms with Crippen LogP contribution >= 0.6 is 0 Å². The fourth-order valence-electron chi connectivity index (χ4n) is 7.72. The monoisotopic (exact) mass is 624 g/mol. The smallest absolute Gasteiger partial charge is 0.137 e. The Morgan fingerprint density at radius 1 is 0.469 bits per heavy atom. The summed E-state index contributed by atoms with van der Waals surface area (Å²) >= 11 is 0. The zero-order valence-corrected chi connectivity index (χ0v) is 26.1. The number of para-hydroxylation sites is 4. The molecule has 5 nitrogen and oxygen atoms in total. The number of nitriles is 2. The Labute approximate surface area is 280 Å². The van der Waals surface area contributed by atoms with Gasteiger partial charge in [-0.2, -0.15) is 10.5 Å². The number of rotatable bonds is 3. The molecule has 10 rings (SSSR count). The minimum Gasteiger partial charge on any atom is -0.456 e. The molecule has 0 unspecified atom stereocenters. The molecule has 0 spiro atoms. The van der Waals surface area contributed by atoms with Gasteiger partial charge in [0.2, 0.25) is 0 Å². The van der Waals surface area contributed by atoms with Gasteiger partial charge in [0, 0.05) is 32.5 Å². The largest absolute Gasteiger partial charge is 0.456 e. The molecule has 0 saturated carbocycles. The first-order valence-electron chi connectivity index (χ1n) is 16.1. The first-order valence-corrected chi connectivity index (χ1v) is 16.1. The molecule has 0 aliphatic rings. The Balaban J connectivity index is 1.26. The molecule has 0 N–H and O–H groups in total. The second-order valence-electron chi connectivity index (χ2n) is 12.3. The predicted octanol–water partition coefficient (Wildman–Crippen LogP) is 11.2. The second kappa shape index (κ2) is 10.2. The van der Waals surface area contributed by atoms with Crippen molar-refractivity contribution in [3.05, 3.63) is 157 Å². The summed E-state index contributed by atoms with van der Waals surface area (Å²) in [6.07, 6.45) is 0. The first kappa shape index (κ1) is 27.1. The Hall–Kier alpha value is -7.08. The molecule has 0 aliphatic heterocycles. The number of benzene rings is 7. The van der Waals surface area contributed by atoms with Crippen LogP contribution in [0, 0.1) is 22.7 Å². The highest BCUT2D eigenvalue weighted by Crippen LogP contribution is 2.42. The van der Waals surface area contributed by atoms with Crippen LogP contribution in [-0.4, -0.2) is 9.13 Å². The second-order valence-corrected chi connectivity index (χ2v) is 12.3. The highest BCUT2D eigenvalue weighted by atomic mass is 16.3. The molecule has 7 aromatic carbocycles. The number of furan rings is 1. The van der Waals surface area contributed by atoms with E-state index in [1.54, 1.807) is 0 Å². The third kappa shape index (κ3) is 3.79. The van der Waals surface area contributed by atoms with Crippen molar-refractivity contribution in [2.75, 3.05) is 0 Å². The van der Waals surface area contributed by atoms with Crippen LogP contribution in [0.5, 0.6) is 0 Å². The van der Waals surface area contributed by atoms with Crippen molar-refractivity contribution in [1.29, 1.82) is 10.5 Å². The first-order chi connectivity index (χ1) is 24.2. The van der Waals surface area contributed by atoms with Crippen molar-refractivity contribution in [3.63, 3.8) is 0 Å². The Morgan fingerprint density at radius 2 is 1.10 bits per heavy atom. The summed E-state index contributed by atoms with van der Waals surface area (Å²) in [6.45, 7) is 0. The summed E-state index contributed by atoms with van der Waals surface area (Å²) in [4.78, 5) is 0. The molecule has 0 fully saturated rings. The SMILES string of the molecule is N#Cc1ccc(-c2ccc(-n3c4ccccc4c4ccc5oc6ccccc6c5c43)c(C#N)c2)c(-n2c3ccccc3c3ccccc32)c1. The van der Waals surface area contributed by atoms with E-state index in [-0.39, 0.29) is 0 Å². The Morgan fingerprint density at radius 3 is 1.80 bits per heavy atom. The van der Waals surface area contributed by atoms with Gasteiger partial charge in [-0.25, -0.2) is 0 Å². The van der Waals surface area contributed by atoms with E-state index in [1.807, 2.05) is 66.7 Å². The summed E-state index contributed by atoms with van der Waals surface area (Å²) in [7, 11) is 0. The molecule has 49 heavy (non-hydrogen) atoms. The maximum Gasteiger partial charge on any atom is 0.137 e. The third-order valence-electron chi connectivity index (χ3n) is 9.79. The van der Waals surface area contributed by atoms with Crippen LogP contribution in [-0.2, 0) is 0 Å². The molecule has 0 amide bonds. The maximum atomic E-state index is 10.8. The average Bonchev–Trinajstić information content (AvgIpc) is 3.82. The van der Waals surface area contributed by atoms with E-state index in [0.717, 1.165) is 88.1 Å². The topological polar surface area (TPSA) is 70.6 Å². The van der Waals surface area contributed by atoms with Crippen LogP contribution in [0.25, 0.3) is 88.1 Å². The molecule has 0 radical (unpaired) electrons. The molecular weight excluding hydrogens is 601 g/mol. The van der Waals surface area contributed by atoms with E-state index in [1.165, 1.54) is 0 Å². The predicted molar refractivity (Wildman–Crippen MR) is 197 cm³/mol. The van der Waals surface area contributed by atoms with Gasteiger partial charge in [-0.15, -0.1) is 0 Å². The summed E-state index contributed by atoms with van der Waals surface area (Å²) in [6, 6.07) is 54.1. The van der Waals surface area contributed by atoms with E-state index in [0.29, 0.717) is 11.1 Å². The van der Waals surface area contributed by atoms with Crippen LogP contribution in [0.2, 0.25) is 0 Å². The van der Waals surface area contributed by atoms with Crippen LogP contribution < -0.4 is 0 Å². The number of fused-ring (bicyclic) bond motifs is 10. The van der Waals surface area contributed by atoms with Crippen molar-refractivity contribution in [2.24, 2.45) is 0 Å². The number of aromatic nitrogens is 2. The molecule has 226 valence electrons. The van der Waals surface area contributed by atoms with Crippen LogP contribution in [0.1, 0.15) is 11.1 Å². The molecule has 3 aromatic heterocycles. The number of hydrogen-bond donors (Lipinski definition) is 0. The van der Waals surface area contributed by atoms with Gasteiger partial charge in [0.25, 0.3) is 0 Å². The lowest BCUT2D eigenvalue weighted by Gasteiger charge is -2.16. The summed E-state index contributed by atoms with van der Waals surface area (Å²) < 4.78 is 10.7. The lowest BCUT2D eigenvalue weighted by atomic mass is 9.98. The molecule has 5 heteroatoms. The zero-order chi connectivity index (χ0) is 32.6. The van der Waals surface area contributed by atoms with E-state index >= 15 is 0 Å². The van der Waals surface area contributed by atoms with Crippen LogP contribution in [0.4, 0.5) is 0 Å². The van der Waals surface area contributed by atoms with Crippen molar-refractivity contribution in [3.8, 4) is 34.6 Å². The maximum absolute atomic E-state index is 10.8. The van der Waals surface area contributed by atoms with Crippen molar-refractivity contribution in [1.82, 2.24) is 9.13 Å². The van der Waals surface area contributed by atoms with E-state index in [9.17, 15) is 10.5 Å². The van der Waals surface area contributed by atoms with Gasteiger partial charge in [0.1, 0.15) is 17.2 Å². The highest BCUT2D eigenvalue weighted by molar-refractivity contribution is 6.24. The average molecular weight is 625 g/mol. The van der Waals surface area contributed by atoms with Gasteiger partial charge < -0.3 is 13.6 Å². The summed E-state index contributed by atoms with van der Waals surface area (Å²) in [5, 5.41) is 27.3. The number of nitrogens with zero attached hydrogens (tertiary/aromatic N) is 4. The van der Waals surface area contributed by atoms with E-state index in [2.05, 4.69) is 100 Å². The molecule has 0 bridgehead atoms. The van der Waals surface area contributed by atoms with Gasteiger partial charge in [0.15, 0.2) is 0 Å². The van der Waals surface area contributed by atoms with Gasteiger partial charge in [-0.1, -0.05) is 84.9 Å².